The van der Waals surface area contributed by atoms with E-state index in [4.69, 9.17) is 14.2 Å². The van der Waals surface area contributed by atoms with Crippen molar-refractivity contribution in [3.8, 4) is 0 Å². The average Bonchev–Trinajstić information content (AvgIpc) is 3.14. The third-order valence-electron chi connectivity index (χ3n) is 8.47. The van der Waals surface area contributed by atoms with Crippen LogP contribution in [0.1, 0.15) is 29.0 Å². The first-order valence-electron chi connectivity index (χ1n) is 16.2. The van der Waals surface area contributed by atoms with E-state index in [1.807, 2.05) is 84.9 Å². The number of alkyl carbamates (subject to hydrolysis) is 1. The molecule has 3 atom stereocenters. The van der Waals surface area contributed by atoms with Gasteiger partial charge in [-0.05, 0) is 59.9 Å². The molecule has 3 N–H and O–H groups in total. The lowest BCUT2D eigenvalue weighted by Crippen LogP contribution is -2.49. The van der Waals surface area contributed by atoms with E-state index in [2.05, 4.69) is 16.0 Å². The van der Waals surface area contributed by atoms with Gasteiger partial charge in [-0.25, -0.2) is 14.0 Å². The summed E-state index contributed by atoms with van der Waals surface area (Å²) < 4.78 is 29.7. The van der Waals surface area contributed by atoms with E-state index in [1.165, 1.54) is 36.3 Å². The Balaban J connectivity index is 1.18. The van der Waals surface area contributed by atoms with Crippen LogP contribution in [0.5, 0.6) is 0 Å². The molecule has 1 aliphatic rings. The van der Waals surface area contributed by atoms with Gasteiger partial charge in [0.25, 0.3) is 0 Å². The van der Waals surface area contributed by atoms with E-state index in [0.29, 0.717) is 37.4 Å². The van der Waals surface area contributed by atoms with Crippen LogP contribution in [-0.4, -0.2) is 70.2 Å². The summed E-state index contributed by atoms with van der Waals surface area (Å²) in [6.45, 7) is 1.04. The number of halogens is 1. The average molecular weight is 669 g/mol. The lowest BCUT2D eigenvalue weighted by molar-refractivity contribution is -0.118. The first kappa shape index (κ1) is 35.1. The molecule has 1 fully saturated rings. The van der Waals surface area contributed by atoms with Gasteiger partial charge in [-0.2, -0.15) is 0 Å². The molecule has 1 saturated heterocycles. The van der Waals surface area contributed by atoms with Gasteiger partial charge in [0, 0.05) is 30.9 Å². The molecule has 5 rings (SSSR count). The highest BCUT2D eigenvalue weighted by Crippen LogP contribution is 2.30. The third kappa shape index (κ3) is 9.65. The maximum absolute atomic E-state index is 14.0. The fourth-order valence-corrected chi connectivity index (χ4v) is 5.77. The van der Waals surface area contributed by atoms with E-state index >= 15 is 0 Å². The summed E-state index contributed by atoms with van der Waals surface area (Å²) in [5, 5.41) is 9.23. The number of hydrogen-bond acceptors (Lipinski definition) is 7. The van der Waals surface area contributed by atoms with E-state index in [0.717, 1.165) is 16.7 Å². The molecule has 1 aliphatic heterocycles. The van der Waals surface area contributed by atoms with Gasteiger partial charge in [0.1, 0.15) is 18.5 Å². The molecule has 4 aromatic carbocycles. The van der Waals surface area contributed by atoms with Gasteiger partial charge < -0.3 is 30.2 Å². The molecule has 11 heteroatoms. The number of para-hydroxylation sites is 1. The number of morpholine rings is 1. The van der Waals surface area contributed by atoms with Crippen LogP contribution in [0.2, 0.25) is 0 Å². The number of hydrogen-bond donors (Lipinski definition) is 3. The summed E-state index contributed by atoms with van der Waals surface area (Å²) in [7, 11) is 2.84. The van der Waals surface area contributed by atoms with Crippen molar-refractivity contribution in [2.45, 2.75) is 36.9 Å². The second-order valence-electron chi connectivity index (χ2n) is 11.8. The van der Waals surface area contributed by atoms with Gasteiger partial charge in [-0.3, -0.25) is 9.69 Å². The molecule has 0 radical (unpaired) electrons. The molecule has 0 aromatic heterocycles. The molecule has 0 spiro atoms. The predicted octanol–water partition coefficient (Wildman–Crippen LogP) is 5.88. The molecule has 256 valence electrons. The largest absolute Gasteiger partial charge is 0.453 e. The number of aryl methyl sites for hydroxylation is 1. The van der Waals surface area contributed by atoms with Crippen LogP contribution in [0.15, 0.2) is 109 Å². The van der Waals surface area contributed by atoms with Crippen molar-refractivity contribution in [2.75, 3.05) is 44.1 Å². The number of benzene rings is 4. The SMILES string of the molecule is COC(=O)N[C@H](C(=O)Nc1ccccc1CC[C@@H]1CN[C@H](COC(=O)N(C)c2ccc(F)cc2)CO1)C(c1ccccc1)c1ccccc1. The molecular formula is C38H41FN4O6. The first-order chi connectivity index (χ1) is 23.8. The lowest BCUT2D eigenvalue weighted by atomic mass is 9.84. The normalized spacial score (nSPS) is 16.3. The highest BCUT2D eigenvalue weighted by atomic mass is 19.1. The Morgan fingerprint density at radius 2 is 1.55 bits per heavy atom. The smallest absolute Gasteiger partial charge is 0.414 e. The number of nitrogens with zero attached hydrogens (tertiary/aromatic N) is 1. The second-order valence-corrected chi connectivity index (χ2v) is 11.8. The maximum Gasteiger partial charge on any atom is 0.414 e. The molecule has 0 aliphatic carbocycles. The topological polar surface area (TPSA) is 118 Å². The zero-order valence-electron chi connectivity index (χ0n) is 27.5. The van der Waals surface area contributed by atoms with Crippen molar-refractivity contribution >= 4 is 29.5 Å². The Morgan fingerprint density at radius 3 is 2.16 bits per heavy atom. The highest BCUT2D eigenvalue weighted by molar-refractivity contribution is 5.98. The molecule has 3 amide bonds. The number of ether oxygens (including phenoxy) is 3. The first-order valence-corrected chi connectivity index (χ1v) is 16.2. The molecule has 0 saturated carbocycles. The van der Waals surface area contributed by atoms with Crippen LogP contribution in [0.4, 0.5) is 25.4 Å². The van der Waals surface area contributed by atoms with Gasteiger partial charge in [-0.1, -0.05) is 78.9 Å². The van der Waals surface area contributed by atoms with Gasteiger partial charge in [0.05, 0.1) is 25.9 Å². The van der Waals surface area contributed by atoms with Crippen LogP contribution < -0.4 is 20.9 Å². The molecule has 4 aromatic rings. The third-order valence-corrected chi connectivity index (χ3v) is 8.47. The van der Waals surface area contributed by atoms with Crippen LogP contribution >= 0.6 is 0 Å². The number of amides is 3. The summed E-state index contributed by atoms with van der Waals surface area (Å²) in [6, 6.07) is 31.2. The van der Waals surface area contributed by atoms with Crippen LogP contribution in [-0.2, 0) is 25.4 Å². The minimum atomic E-state index is -0.974. The summed E-state index contributed by atoms with van der Waals surface area (Å²) in [4.78, 5) is 40.3. The Labute approximate surface area is 285 Å². The summed E-state index contributed by atoms with van der Waals surface area (Å²) in [6.07, 6.45) is -0.0368. The van der Waals surface area contributed by atoms with Gasteiger partial charge in [0.2, 0.25) is 5.91 Å². The molecule has 1 heterocycles. The minimum absolute atomic E-state index is 0.0909. The monoisotopic (exact) mass is 668 g/mol. The number of rotatable bonds is 12. The molecule has 0 unspecified atom stereocenters. The highest BCUT2D eigenvalue weighted by Gasteiger charge is 2.33. The summed E-state index contributed by atoms with van der Waals surface area (Å²) in [5.74, 6) is -1.24. The second kappa shape index (κ2) is 17.2. The predicted molar refractivity (Wildman–Crippen MR) is 185 cm³/mol. The fourth-order valence-electron chi connectivity index (χ4n) is 5.77. The van der Waals surface area contributed by atoms with Crippen LogP contribution in [0.3, 0.4) is 0 Å². The van der Waals surface area contributed by atoms with Gasteiger partial charge in [0.15, 0.2) is 0 Å². The van der Waals surface area contributed by atoms with E-state index in [-0.39, 0.29) is 30.5 Å². The van der Waals surface area contributed by atoms with Crippen molar-refractivity contribution < 1.29 is 33.0 Å². The van der Waals surface area contributed by atoms with Crippen molar-refractivity contribution in [3.63, 3.8) is 0 Å². The van der Waals surface area contributed by atoms with Crippen molar-refractivity contribution in [2.24, 2.45) is 0 Å². The molecule has 49 heavy (non-hydrogen) atoms. The Kier molecular flexibility index (Phi) is 12.3. The number of carbonyl (C=O) groups is 3. The van der Waals surface area contributed by atoms with Crippen LogP contribution in [0, 0.1) is 5.82 Å². The van der Waals surface area contributed by atoms with Crippen molar-refractivity contribution in [3.05, 3.63) is 132 Å². The number of nitrogens with one attached hydrogen (secondary N) is 3. The molecule has 10 nitrogen and oxygen atoms in total. The summed E-state index contributed by atoms with van der Waals surface area (Å²) in [5.41, 5.74) is 3.83. The Bertz CT molecular complexity index is 1630. The standard InChI is InChI=1S/C38H41FN4O6/c1-43(31-20-18-29(39)19-21-31)38(46)49-25-30-24-48-32(23-40-30)22-17-26-11-9-10-16-33(26)41-36(44)35(42-37(45)47-2)34(27-12-5-3-6-13-27)28-14-7-4-8-15-28/h3-16,18-21,30,32,34-35,40H,17,22-25H2,1-2H3,(H,41,44)(H,42,45)/t30-,32+,35-/m0/s1. The molecular weight excluding hydrogens is 627 g/mol. The van der Waals surface area contributed by atoms with Crippen LogP contribution in [0.25, 0.3) is 0 Å². The summed E-state index contributed by atoms with van der Waals surface area (Å²) >= 11 is 0. The zero-order valence-corrected chi connectivity index (χ0v) is 27.5. The minimum Gasteiger partial charge on any atom is -0.453 e. The lowest BCUT2D eigenvalue weighted by Gasteiger charge is -2.31. The van der Waals surface area contributed by atoms with Crippen molar-refractivity contribution in [1.82, 2.24) is 10.6 Å². The van der Waals surface area contributed by atoms with E-state index in [1.54, 1.807) is 7.05 Å². The van der Waals surface area contributed by atoms with E-state index in [9.17, 15) is 18.8 Å². The quantitative estimate of drug-likeness (QED) is 0.173. The number of methoxy groups -OCH3 is 1. The van der Waals surface area contributed by atoms with Gasteiger partial charge >= 0.3 is 12.2 Å². The Morgan fingerprint density at radius 1 is 0.918 bits per heavy atom. The Hall–Kier alpha value is -5.26. The molecule has 0 bridgehead atoms. The fraction of sp³-hybridized carbons (Fsp3) is 0.289. The maximum atomic E-state index is 14.0. The van der Waals surface area contributed by atoms with E-state index < -0.39 is 24.1 Å². The number of carbonyl (C=O) groups excluding carboxylic acids is 3. The number of anilines is 2. The van der Waals surface area contributed by atoms with Gasteiger partial charge in [-0.15, -0.1) is 0 Å². The van der Waals surface area contributed by atoms with Crippen molar-refractivity contribution in [1.29, 1.82) is 0 Å². The zero-order chi connectivity index (χ0) is 34.6.